The summed E-state index contributed by atoms with van der Waals surface area (Å²) in [5.41, 5.74) is -0.495. The molecule has 3 rings (SSSR count). The third kappa shape index (κ3) is 3.81. The Morgan fingerprint density at radius 3 is 2.34 bits per heavy atom. The Labute approximate surface area is 191 Å². The maximum absolute atomic E-state index is 13.7. The zero-order valence-corrected chi connectivity index (χ0v) is 20.2. The van der Waals surface area contributed by atoms with Crippen LogP contribution >= 0.6 is 0 Å². The summed E-state index contributed by atoms with van der Waals surface area (Å²) in [6.07, 6.45) is 2.13. The number of hydrogen-bond donors (Lipinski definition) is 1. The van der Waals surface area contributed by atoms with Gasteiger partial charge in [-0.05, 0) is 45.6 Å². The van der Waals surface area contributed by atoms with Gasteiger partial charge in [-0.2, -0.15) is 0 Å². The van der Waals surface area contributed by atoms with E-state index in [2.05, 4.69) is 57.0 Å². The van der Waals surface area contributed by atoms with E-state index in [0.29, 0.717) is 6.42 Å². The molecule has 0 radical (unpaired) electrons. The fraction of sp³-hybridized carbons (Fsp3) is 0.640. The Morgan fingerprint density at radius 2 is 1.78 bits per heavy atom. The van der Waals surface area contributed by atoms with Crippen LogP contribution in [-0.4, -0.2) is 57.5 Å². The molecule has 1 aromatic carbocycles. The minimum Gasteiger partial charge on any atom is -0.465 e. The van der Waals surface area contributed by atoms with E-state index in [1.807, 2.05) is 18.2 Å². The van der Waals surface area contributed by atoms with E-state index in [9.17, 15) is 14.4 Å². The van der Waals surface area contributed by atoms with Crippen molar-refractivity contribution in [2.75, 3.05) is 13.2 Å². The number of carbonyl (C=O) groups excluding carboxylic acids is 3. The van der Waals surface area contributed by atoms with E-state index in [0.717, 1.165) is 24.3 Å². The van der Waals surface area contributed by atoms with Gasteiger partial charge in [0, 0.05) is 23.5 Å². The van der Waals surface area contributed by atoms with Gasteiger partial charge >= 0.3 is 12.0 Å². The van der Waals surface area contributed by atoms with E-state index in [-0.39, 0.29) is 36.1 Å². The Morgan fingerprint density at radius 1 is 1.12 bits per heavy atom. The van der Waals surface area contributed by atoms with Crippen LogP contribution in [0.1, 0.15) is 66.4 Å². The first-order valence-corrected chi connectivity index (χ1v) is 11.7. The number of urea groups is 1. The van der Waals surface area contributed by atoms with Gasteiger partial charge in [0.05, 0.1) is 6.61 Å². The quantitative estimate of drug-likeness (QED) is 0.513. The topological polar surface area (TPSA) is 79.0 Å². The monoisotopic (exact) mass is 443 g/mol. The van der Waals surface area contributed by atoms with Gasteiger partial charge in [-0.25, -0.2) is 4.79 Å². The molecule has 2 aliphatic rings. The fourth-order valence-electron chi connectivity index (χ4n) is 5.72. The molecule has 0 aliphatic carbocycles. The SMILES string of the molecule is CCOC(=O)CN1C(=O)NC2(CC(C)(CC)N(Cc3ccccc3)C(C)(CC)C2C)C1=O. The summed E-state index contributed by atoms with van der Waals surface area (Å²) in [6, 6.07) is 9.86. The second-order valence-corrected chi connectivity index (χ2v) is 9.63. The van der Waals surface area contributed by atoms with Crippen LogP contribution < -0.4 is 5.32 Å². The molecular formula is C25H37N3O4. The van der Waals surface area contributed by atoms with Crippen LogP contribution in [0, 0.1) is 5.92 Å². The first-order chi connectivity index (χ1) is 15.1. The molecule has 32 heavy (non-hydrogen) atoms. The number of benzene rings is 1. The molecule has 176 valence electrons. The Balaban J connectivity index is 2.01. The minimum atomic E-state index is -1.05. The predicted octanol–water partition coefficient (Wildman–Crippen LogP) is 3.72. The van der Waals surface area contributed by atoms with Gasteiger partial charge in [-0.1, -0.05) is 51.1 Å². The highest BCUT2D eigenvalue weighted by Crippen LogP contribution is 2.52. The lowest BCUT2D eigenvalue weighted by atomic mass is 9.59. The molecule has 7 heteroatoms. The summed E-state index contributed by atoms with van der Waals surface area (Å²) < 4.78 is 4.99. The van der Waals surface area contributed by atoms with Crippen molar-refractivity contribution >= 4 is 17.9 Å². The molecule has 2 fully saturated rings. The number of rotatable bonds is 7. The van der Waals surface area contributed by atoms with Crippen molar-refractivity contribution in [3.8, 4) is 0 Å². The van der Waals surface area contributed by atoms with E-state index >= 15 is 0 Å². The number of imide groups is 1. The molecule has 2 saturated heterocycles. The number of carbonyl (C=O) groups is 3. The molecule has 1 aromatic rings. The molecule has 1 N–H and O–H groups in total. The normalized spacial score (nSPS) is 32.9. The molecule has 2 heterocycles. The van der Waals surface area contributed by atoms with Gasteiger partial charge in [0.2, 0.25) is 0 Å². The van der Waals surface area contributed by atoms with E-state index < -0.39 is 17.5 Å². The number of nitrogens with one attached hydrogen (secondary N) is 1. The molecule has 0 bridgehead atoms. The van der Waals surface area contributed by atoms with Gasteiger partial charge in [-0.3, -0.25) is 19.4 Å². The van der Waals surface area contributed by atoms with Crippen molar-refractivity contribution in [2.24, 2.45) is 5.92 Å². The predicted molar refractivity (Wildman–Crippen MR) is 123 cm³/mol. The van der Waals surface area contributed by atoms with Gasteiger partial charge in [0.15, 0.2) is 0 Å². The van der Waals surface area contributed by atoms with Crippen LogP contribution in [0.5, 0.6) is 0 Å². The van der Waals surface area contributed by atoms with Crippen LogP contribution in [0.25, 0.3) is 0 Å². The number of amides is 3. The van der Waals surface area contributed by atoms with Crippen LogP contribution in [0.15, 0.2) is 30.3 Å². The molecular weight excluding hydrogens is 406 g/mol. The highest BCUT2D eigenvalue weighted by atomic mass is 16.5. The van der Waals surface area contributed by atoms with Crippen molar-refractivity contribution in [1.29, 1.82) is 0 Å². The van der Waals surface area contributed by atoms with Gasteiger partial charge in [0.25, 0.3) is 5.91 Å². The zero-order chi connectivity index (χ0) is 23.7. The van der Waals surface area contributed by atoms with E-state index in [4.69, 9.17) is 4.74 Å². The second kappa shape index (κ2) is 8.85. The van der Waals surface area contributed by atoms with E-state index in [1.165, 1.54) is 5.56 Å². The van der Waals surface area contributed by atoms with Gasteiger partial charge in [-0.15, -0.1) is 0 Å². The van der Waals surface area contributed by atoms with Crippen LogP contribution in [-0.2, 0) is 20.9 Å². The lowest BCUT2D eigenvalue weighted by Crippen LogP contribution is -2.75. The standard InChI is InChI=1S/C25H37N3O4/c1-7-23(5)17-25(21(30)27(22(31)26-25)16-20(29)32-9-3)18(4)24(6,8-2)28(23)15-19-13-11-10-12-14-19/h10-14,18H,7-9,15-17H2,1-6H3,(H,26,31). The number of ether oxygens (including phenoxy) is 1. The van der Waals surface area contributed by atoms with Crippen molar-refractivity contribution in [2.45, 2.75) is 84.0 Å². The summed E-state index contributed by atoms with van der Waals surface area (Å²) in [4.78, 5) is 42.2. The summed E-state index contributed by atoms with van der Waals surface area (Å²) in [7, 11) is 0. The van der Waals surface area contributed by atoms with Crippen LogP contribution in [0.2, 0.25) is 0 Å². The van der Waals surface area contributed by atoms with Crippen molar-refractivity contribution in [3.05, 3.63) is 35.9 Å². The van der Waals surface area contributed by atoms with Gasteiger partial charge in [0.1, 0.15) is 12.1 Å². The Bertz CT molecular complexity index is 875. The minimum absolute atomic E-state index is 0.160. The lowest BCUT2D eigenvalue weighted by Gasteiger charge is -2.63. The lowest BCUT2D eigenvalue weighted by molar-refractivity contribution is -0.159. The third-order valence-electron chi connectivity index (χ3n) is 8.06. The van der Waals surface area contributed by atoms with Gasteiger partial charge < -0.3 is 10.1 Å². The first kappa shape index (κ1) is 24.2. The molecule has 7 nitrogen and oxygen atoms in total. The molecule has 2 aliphatic heterocycles. The van der Waals surface area contributed by atoms with Crippen molar-refractivity contribution < 1.29 is 19.1 Å². The number of hydrogen-bond acceptors (Lipinski definition) is 5. The maximum atomic E-state index is 13.7. The van der Waals surface area contributed by atoms with Crippen LogP contribution in [0.4, 0.5) is 4.79 Å². The van der Waals surface area contributed by atoms with E-state index in [1.54, 1.807) is 6.92 Å². The second-order valence-electron chi connectivity index (χ2n) is 9.63. The smallest absolute Gasteiger partial charge is 0.326 e. The number of nitrogens with zero attached hydrogens (tertiary/aromatic N) is 2. The maximum Gasteiger partial charge on any atom is 0.326 e. The molecule has 1 spiro atoms. The summed E-state index contributed by atoms with van der Waals surface area (Å²) in [5, 5.41) is 3.03. The Hall–Kier alpha value is -2.41. The molecule has 0 aromatic heterocycles. The summed E-state index contributed by atoms with van der Waals surface area (Å²) >= 11 is 0. The highest BCUT2D eigenvalue weighted by molar-refractivity contribution is 6.09. The van der Waals surface area contributed by atoms with Crippen molar-refractivity contribution in [3.63, 3.8) is 0 Å². The summed E-state index contributed by atoms with van der Waals surface area (Å²) in [5.74, 6) is -1.05. The molecule has 3 amide bonds. The van der Waals surface area contributed by atoms with Crippen molar-refractivity contribution in [1.82, 2.24) is 15.1 Å². The summed E-state index contributed by atoms with van der Waals surface area (Å²) in [6.45, 7) is 13.0. The third-order valence-corrected chi connectivity index (χ3v) is 8.06. The molecule has 0 saturated carbocycles. The number of piperidine rings is 1. The zero-order valence-electron chi connectivity index (χ0n) is 20.2. The number of esters is 1. The molecule has 4 unspecified atom stereocenters. The first-order valence-electron chi connectivity index (χ1n) is 11.7. The van der Waals surface area contributed by atoms with Crippen LogP contribution in [0.3, 0.4) is 0 Å². The fourth-order valence-corrected chi connectivity index (χ4v) is 5.72. The highest BCUT2D eigenvalue weighted by Gasteiger charge is 2.66. The average Bonchev–Trinajstić information content (AvgIpc) is 3.01. The largest absolute Gasteiger partial charge is 0.465 e. The average molecular weight is 444 g/mol. The molecule has 4 atom stereocenters. The number of likely N-dealkylation sites (tertiary alicyclic amines) is 1. The Kier molecular flexibility index (Phi) is 6.70.